The average molecular weight is 357 g/mol. The summed E-state index contributed by atoms with van der Waals surface area (Å²) in [4.78, 5) is 32.5. The van der Waals surface area contributed by atoms with Crippen LogP contribution >= 0.6 is 0 Å². The fourth-order valence-electron chi connectivity index (χ4n) is 3.02. The summed E-state index contributed by atoms with van der Waals surface area (Å²) < 4.78 is 10.9. The van der Waals surface area contributed by atoms with Gasteiger partial charge in [0.15, 0.2) is 0 Å². The van der Waals surface area contributed by atoms with Crippen molar-refractivity contribution in [2.75, 3.05) is 14.2 Å². The van der Waals surface area contributed by atoms with E-state index in [2.05, 4.69) is 4.98 Å². The van der Waals surface area contributed by atoms with Crippen LogP contribution in [0.3, 0.4) is 0 Å². The van der Waals surface area contributed by atoms with Gasteiger partial charge < -0.3 is 19.0 Å². The normalized spacial score (nSPS) is 20.7. The van der Waals surface area contributed by atoms with Crippen LogP contribution < -0.4 is 4.74 Å². The van der Waals surface area contributed by atoms with Gasteiger partial charge in [0.1, 0.15) is 29.3 Å². The molecule has 0 spiro atoms. The van der Waals surface area contributed by atoms with Crippen LogP contribution in [0, 0.1) is 6.92 Å². The van der Waals surface area contributed by atoms with E-state index in [0.717, 1.165) is 11.3 Å². The fourth-order valence-corrected chi connectivity index (χ4v) is 3.02. The van der Waals surface area contributed by atoms with Crippen molar-refractivity contribution >= 4 is 11.8 Å². The van der Waals surface area contributed by atoms with E-state index in [4.69, 9.17) is 9.15 Å². The quantitative estimate of drug-likeness (QED) is 0.839. The molecule has 0 saturated carbocycles. The van der Waals surface area contributed by atoms with E-state index >= 15 is 0 Å². The maximum absolute atomic E-state index is 12.6. The van der Waals surface area contributed by atoms with Gasteiger partial charge in [-0.1, -0.05) is 0 Å². The highest BCUT2D eigenvalue weighted by atomic mass is 16.5. The van der Waals surface area contributed by atoms with Crippen molar-refractivity contribution in [3.8, 4) is 17.2 Å². The van der Waals surface area contributed by atoms with Gasteiger partial charge in [0.25, 0.3) is 0 Å². The minimum atomic E-state index is -0.524. The smallest absolute Gasteiger partial charge is 0.246 e. The molecule has 0 unspecified atom stereocenters. The summed E-state index contributed by atoms with van der Waals surface area (Å²) in [6, 6.07) is 6.39. The lowest BCUT2D eigenvalue weighted by Gasteiger charge is -2.40. The van der Waals surface area contributed by atoms with Crippen molar-refractivity contribution in [2.24, 2.45) is 0 Å². The van der Waals surface area contributed by atoms with E-state index in [-0.39, 0.29) is 18.4 Å². The van der Waals surface area contributed by atoms with Crippen molar-refractivity contribution < 1.29 is 18.7 Å². The summed E-state index contributed by atoms with van der Waals surface area (Å²) in [7, 11) is 3.26. The zero-order chi connectivity index (χ0) is 19.0. The number of rotatable bonds is 4. The maximum atomic E-state index is 12.6. The third kappa shape index (κ3) is 3.05. The largest absolute Gasteiger partial charge is 0.497 e. The number of ether oxygens (including phenoxy) is 1. The van der Waals surface area contributed by atoms with Crippen LogP contribution in [-0.2, 0) is 16.1 Å². The van der Waals surface area contributed by atoms with Crippen molar-refractivity contribution in [1.29, 1.82) is 0 Å². The molecule has 1 aliphatic heterocycles. The van der Waals surface area contributed by atoms with Crippen LogP contribution in [-0.4, -0.2) is 52.8 Å². The first-order chi connectivity index (χ1) is 12.3. The molecule has 3 rings (SSSR count). The molecule has 0 N–H and O–H groups in total. The minimum absolute atomic E-state index is 0.0753. The second kappa shape index (κ2) is 6.82. The molecular formula is C19H23N3O4. The van der Waals surface area contributed by atoms with Crippen molar-refractivity contribution in [1.82, 2.24) is 14.8 Å². The number of likely N-dealkylation sites (N-methyl/N-ethyl adjacent to an activating group) is 1. The van der Waals surface area contributed by atoms with Gasteiger partial charge in [-0.25, -0.2) is 4.98 Å². The highest BCUT2D eigenvalue weighted by molar-refractivity contribution is 5.96. The Bertz CT molecular complexity index is 828. The molecule has 2 aromatic rings. The summed E-state index contributed by atoms with van der Waals surface area (Å²) in [5, 5.41) is 0. The number of carbonyl (C=O) groups excluding carboxylic acids is 2. The van der Waals surface area contributed by atoms with Crippen LogP contribution in [0.4, 0.5) is 0 Å². The van der Waals surface area contributed by atoms with Gasteiger partial charge in [-0.15, -0.1) is 0 Å². The van der Waals surface area contributed by atoms with Crippen LogP contribution in [0.1, 0.15) is 25.3 Å². The molecule has 138 valence electrons. The second-order valence-electron chi connectivity index (χ2n) is 6.52. The topological polar surface area (TPSA) is 75.9 Å². The number of carbonyl (C=O) groups is 2. The molecule has 7 nitrogen and oxygen atoms in total. The highest BCUT2D eigenvalue weighted by Gasteiger charge is 2.40. The maximum Gasteiger partial charge on any atom is 0.246 e. The number of hydrogen-bond acceptors (Lipinski definition) is 5. The third-order valence-corrected chi connectivity index (χ3v) is 4.94. The molecule has 1 aliphatic rings. The minimum Gasteiger partial charge on any atom is -0.497 e. The Balaban J connectivity index is 1.85. The summed E-state index contributed by atoms with van der Waals surface area (Å²) in [5.74, 6) is 1.70. The van der Waals surface area contributed by atoms with Crippen LogP contribution in [0.25, 0.3) is 11.5 Å². The van der Waals surface area contributed by atoms with Crippen LogP contribution in [0.15, 0.2) is 28.7 Å². The Morgan fingerprint density at radius 1 is 1.12 bits per heavy atom. The molecule has 0 aliphatic carbocycles. The lowest BCUT2D eigenvalue weighted by Crippen LogP contribution is -2.61. The number of piperazine rings is 1. The van der Waals surface area contributed by atoms with Crippen molar-refractivity contribution in [3.63, 3.8) is 0 Å². The summed E-state index contributed by atoms with van der Waals surface area (Å²) in [5.41, 5.74) is 1.47. The number of nitrogens with zero attached hydrogens (tertiary/aromatic N) is 3. The first kappa shape index (κ1) is 18.0. The van der Waals surface area contributed by atoms with Crippen molar-refractivity contribution in [2.45, 2.75) is 39.4 Å². The van der Waals surface area contributed by atoms with E-state index in [1.807, 2.05) is 31.2 Å². The Morgan fingerprint density at radius 3 is 2.38 bits per heavy atom. The first-order valence-electron chi connectivity index (χ1n) is 8.51. The van der Waals surface area contributed by atoms with Crippen LogP contribution in [0.5, 0.6) is 5.75 Å². The molecule has 7 heteroatoms. The third-order valence-electron chi connectivity index (χ3n) is 4.94. The van der Waals surface area contributed by atoms with Crippen molar-refractivity contribution in [3.05, 3.63) is 35.7 Å². The summed E-state index contributed by atoms with van der Waals surface area (Å²) in [6.07, 6.45) is 0. The molecule has 0 radical (unpaired) electrons. The Hall–Kier alpha value is -2.83. The highest BCUT2D eigenvalue weighted by Crippen LogP contribution is 2.26. The van der Waals surface area contributed by atoms with Gasteiger partial charge in [-0.05, 0) is 45.0 Å². The number of aryl methyl sites for hydroxylation is 1. The lowest BCUT2D eigenvalue weighted by molar-refractivity contribution is -0.159. The zero-order valence-electron chi connectivity index (χ0n) is 15.6. The van der Waals surface area contributed by atoms with E-state index in [1.165, 1.54) is 4.90 Å². The Labute approximate surface area is 152 Å². The number of oxazole rings is 1. The standard InChI is InChI=1S/C19H23N3O4/c1-11-19(24)22(12(2)18(23)21(11)4)10-16-13(3)26-17(20-16)14-6-8-15(25-5)9-7-14/h6-9,11-12H,10H2,1-5H3/t11-,12-/m0/s1. The van der Waals surface area contributed by atoms with E-state index in [0.29, 0.717) is 17.3 Å². The van der Waals surface area contributed by atoms with Gasteiger partial charge >= 0.3 is 0 Å². The molecule has 2 atom stereocenters. The summed E-state index contributed by atoms with van der Waals surface area (Å²) in [6.45, 7) is 5.53. The number of amides is 2. The fraction of sp³-hybridized carbons (Fsp3) is 0.421. The average Bonchev–Trinajstić information content (AvgIpc) is 3.02. The Morgan fingerprint density at radius 2 is 1.77 bits per heavy atom. The predicted octanol–water partition coefficient (Wildman–Crippen LogP) is 2.24. The van der Waals surface area contributed by atoms with Gasteiger partial charge in [0, 0.05) is 12.6 Å². The molecule has 26 heavy (non-hydrogen) atoms. The monoisotopic (exact) mass is 357 g/mol. The number of benzene rings is 1. The lowest BCUT2D eigenvalue weighted by atomic mass is 10.1. The van der Waals surface area contributed by atoms with E-state index < -0.39 is 12.1 Å². The molecule has 1 aromatic carbocycles. The van der Waals surface area contributed by atoms with E-state index in [1.54, 1.807) is 32.9 Å². The number of methoxy groups -OCH3 is 1. The molecular weight excluding hydrogens is 334 g/mol. The molecule has 0 bridgehead atoms. The second-order valence-corrected chi connectivity index (χ2v) is 6.52. The Kier molecular flexibility index (Phi) is 4.71. The van der Waals surface area contributed by atoms with Gasteiger partial charge in [-0.2, -0.15) is 0 Å². The summed E-state index contributed by atoms with van der Waals surface area (Å²) >= 11 is 0. The molecule has 2 amide bonds. The van der Waals surface area contributed by atoms with Gasteiger partial charge in [0.05, 0.1) is 13.7 Å². The molecule has 2 heterocycles. The molecule has 1 aromatic heterocycles. The number of hydrogen-bond donors (Lipinski definition) is 0. The van der Waals surface area contributed by atoms with Gasteiger partial charge in [-0.3, -0.25) is 9.59 Å². The SMILES string of the molecule is COc1ccc(-c2nc(CN3C(=O)[C@H](C)N(C)C(=O)[C@@H]3C)c(C)o2)cc1. The van der Waals surface area contributed by atoms with Gasteiger partial charge in [0.2, 0.25) is 17.7 Å². The molecule has 1 fully saturated rings. The first-order valence-corrected chi connectivity index (χ1v) is 8.51. The molecule has 1 saturated heterocycles. The number of aromatic nitrogens is 1. The van der Waals surface area contributed by atoms with Crippen LogP contribution in [0.2, 0.25) is 0 Å². The van der Waals surface area contributed by atoms with E-state index in [9.17, 15) is 9.59 Å². The zero-order valence-corrected chi connectivity index (χ0v) is 15.6. The predicted molar refractivity (Wildman–Crippen MR) is 95.5 cm³/mol.